The summed E-state index contributed by atoms with van der Waals surface area (Å²) in [5, 5.41) is 7.05. The van der Waals surface area contributed by atoms with Crippen LogP contribution >= 0.6 is 0 Å². The molecule has 0 amide bonds. The minimum Gasteiger partial charge on any atom is -0.377 e. The highest BCUT2D eigenvalue weighted by Gasteiger charge is 2.15. The van der Waals surface area contributed by atoms with Crippen LogP contribution in [-0.2, 0) is 17.8 Å². The Hall–Kier alpha value is -0.940. The lowest BCUT2D eigenvalue weighted by atomic mass is 10.0. The number of hydrogen-bond acceptors (Lipinski definition) is 5. The fraction of sp³-hybridized carbons (Fsp3) is 0.800. The van der Waals surface area contributed by atoms with Crippen LogP contribution in [0.3, 0.4) is 0 Å². The predicted molar refractivity (Wildman–Crippen MR) is 56.4 cm³/mol. The van der Waals surface area contributed by atoms with Gasteiger partial charge >= 0.3 is 0 Å². The molecular weight excluding hydrogens is 194 g/mol. The average molecular weight is 213 g/mol. The van der Waals surface area contributed by atoms with Gasteiger partial charge in [-0.15, -0.1) is 0 Å². The van der Waals surface area contributed by atoms with E-state index in [-0.39, 0.29) is 0 Å². The lowest BCUT2D eigenvalue weighted by Crippen LogP contribution is -2.32. The van der Waals surface area contributed by atoms with Crippen LogP contribution in [0.15, 0.2) is 4.52 Å². The van der Waals surface area contributed by atoms with Crippen molar-refractivity contribution in [2.75, 3.05) is 14.2 Å². The molecule has 0 aliphatic heterocycles. The molecule has 5 heteroatoms. The van der Waals surface area contributed by atoms with E-state index in [0.717, 1.165) is 6.42 Å². The van der Waals surface area contributed by atoms with Crippen molar-refractivity contribution in [3.63, 3.8) is 0 Å². The van der Waals surface area contributed by atoms with E-state index in [9.17, 15) is 0 Å². The molecule has 1 N–H and O–H groups in total. The maximum Gasteiger partial charge on any atom is 0.228 e. The van der Waals surface area contributed by atoms with Crippen molar-refractivity contribution in [1.82, 2.24) is 15.5 Å². The van der Waals surface area contributed by atoms with Crippen molar-refractivity contribution >= 4 is 0 Å². The molecule has 86 valence electrons. The number of likely N-dealkylation sites (N-methyl/N-ethyl adjacent to an activating group) is 1. The first kappa shape index (κ1) is 12.1. The summed E-state index contributed by atoms with van der Waals surface area (Å²) >= 11 is 0. The number of methoxy groups -OCH3 is 1. The van der Waals surface area contributed by atoms with Gasteiger partial charge < -0.3 is 14.6 Å². The van der Waals surface area contributed by atoms with E-state index < -0.39 is 0 Å². The van der Waals surface area contributed by atoms with Crippen molar-refractivity contribution in [3.8, 4) is 0 Å². The molecule has 0 saturated heterocycles. The minimum absolute atomic E-state index is 0.362. The zero-order valence-electron chi connectivity index (χ0n) is 9.78. The van der Waals surface area contributed by atoms with Gasteiger partial charge in [0.1, 0.15) is 6.61 Å². The number of aromatic nitrogens is 2. The molecule has 15 heavy (non-hydrogen) atoms. The second kappa shape index (κ2) is 5.82. The molecule has 1 aromatic rings. The number of rotatable bonds is 6. The zero-order chi connectivity index (χ0) is 11.3. The van der Waals surface area contributed by atoms with Crippen molar-refractivity contribution in [2.24, 2.45) is 5.92 Å². The Labute approximate surface area is 90.2 Å². The van der Waals surface area contributed by atoms with Crippen LogP contribution < -0.4 is 5.32 Å². The monoisotopic (exact) mass is 213 g/mol. The summed E-state index contributed by atoms with van der Waals surface area (Å²) < 4.78 is 10.0. The third-order valence-corrected chi connectivity index (χ3v) is 2.35. The normalized spacial score (nSPS) is 13.4. The van der Waals surface area contributed by atoms with E-state index >= 15 is 0 Å². The van der Waals surface area contributed by atoms with E-state index in [2.05, 4.69) is 29.3 Å². The first-order valence-corrected chi connectivity index (χ1v) is 5.15. The summed E-state index contributed by atoms with van der Waals surface area (Å²) in [6.07, 6.45) is 0.755. The highest BCUT2D eigenvalue weighted by atomic mass is 16.5. The van der Waals surface area contributed by atoms with Crippen LogP contribution in [0.2, 0.25) is 0 Å². The molecule has 1 atom stereocenters. The Morgan fingerprint density at radius 3 is 2.73 bits per heavy atom. The van der Waals surface area contributed by atoms with Gasteiger partial charge in [0.2, 0.25) is 5.89 Å². The highest BCUT2D eigenvalue weighted by molar-refractivity contribution is 4.89. The second-order valence-corrected chi connectivity index (χ2v) is 3.88. The van der Waals surface area contributed by atoms with E-state index in [1.165, 1.54) is 0 Å². The van der Waals surface area contributed by atoms with Gasteiger partial charge in [0.15, 0.2) is 5.82 Å². The quantitative estimate of drug-likeness (QED) is 0.764. The Bertz CT molecular complexity index is 286. The number of hydrogen-bond donors (Lipinski definition) is 1. The van der Waals surface area contributed by atoms with E-state index in [1.807, 2.05) is 7.05 Å². The van der Waals surface area contributed by atoms with Crippen LogP contribution in [0.1, 0.15) is 25.6 Å². The van der Waals surface area contributed by atoms with E-state index in [0.29, 0.717) is 30.3 Å². The number of nitrogens with zero attached hydrogens (tertiary/aromatic N) is 2. The Balaban J connectivity index is 2.55. The largest absolute Gasteiger partial charge is 0.377 e. The minimum atomic E-state index is 0.362. The third-order valence-electron chi connectivity index (χ3n) is 2.35. The van der Waals surface area contributed by atoms with Gasteiger partial charge in [-0.25, -0.2) is 0 Å². The Kier molecular flexibility index (Phi) is 4.71. The van der Waals surface area contributed by atoms with Gasteiger partial charge in [-0.3, -0.25) is 0 Å². The van der Waals surface area contributed by atoms with E-state index in [4.69, 9.17) is 9.26 Å². The standard InChI is InChI=1S/C10H19N3O2/c1-7(2)8(11-3)5-10-12-9(6-14-4)13-15-10/h7-8,11H,5-6H2,1-4H3. The van der Waals surface area contributed by atoms with Crippen LogP contribution in [0.5, 0.6) is 0 Å². The lowest BCUT2D eigenvalue weighted by molar-refractivity contribution is 0.174. The molecule has 1 rings (SSSR count). The van der Waals surface area contributed by atoms with Crippen molar-refractivity contribution in [3.05, 3.63) is 11.7 Å². The lowest BCUT2D eigenvalue weighted by Gasteiger charge is -2.17. The third kappa shape index (κ3) is 3.60. The molecule has 5 nitrogen and oxygen atoms in total. The molecule has 0 saturated carbocycles. The first-order valence-electron chi connectivity index (χ1n) is 5.15. The number of nitrogens with one attached hydrogen (secondary N) is 1. The maximum atomic E-state index is 5.12. The highest BCUT2D eigenvalue weighted by Crippen LogP contribution is 2.08. The molecule has 0 aromatic carbocycles. The van der Waals surface area contributed by atoms with Crippen molar-refractivity contribution in [1.29, 1.82) is 0 Å². The molecule has 0 aliphatic rings. The number of ether oxygens (including phenoxy) is 1. The zero-order valence-corrected chi connectivity index (χ0v) is 9.78. The van der Waals surface area contributed by atoms with Crippen molar-refractivity contribution in [2.45, 2.75) is 32.9 Å². The summed E-state index contributed by atoms with van der Waals surface area (Å²) in [4.78, 5) is 4.23. The maximum absolute atomic E-state index is 5.12. The molecule has 0 fully saturated rings. The molecule has 0 radical (unpaired) electrons. The fourth-order valence-electron chi connectivity index (χ4n) is 1.42. The van der Waals surface area contributed by atoms with Gasteiger partial charge in [0, 0.05) is 19.6 Å². The molecule has 1 heterocycles. The van der Waals surface area contributed by atoms with Gasteiger partial charge in [0.25, 0.3) is 0 Å². The van der Waals surface area contributed by atoms with Crippen molar-refractivity contribution < 1.29 is 9.26 Å². The smallest absolute Gasteiger partial charge is 0.228 e. The predicted octanol–water partition coefficient (Wildman–Crippen LogP) is 1.00. The summed E-state index contributed by atoms with van der Waals surface area (Å²) in [5.41, 5.74) is 0. The van der Waals surface area contributed by atoms with Crippen LogP contribution in [0.4, 0.5) is 0 Å². The topological polar surface area (TPSA) is 60.2 Å². The first-order chi connectivity index (χ1) is 7.17. The van der Waals surface area contributed by atoms with Gasteiger partial charge in [-0.05, 0) is 13.0 Å². The molecule has 1 unspecified atom stereocenters. The Morgan fingerprint density at radius 1 is 1.47 bits per heavy atom. The fourth-order valence-corrected chi connectivity index (χ4v) is 1.42. The molecular formula is C10H19N3O2. The summed E-state index contributed by atoms with van der Waals surface area (Å²) in [7, 11) is 3.55. The summed E-state index contributed by atoms with van der Waals surface area (Å²) in [5.74, 6) is 1.80. The van der Waals surface area contributed by atoms with Gasteiger partial charge in [-0.2, -0.15) is 4.98 Å². The van der Waals surface area contributed by atoms with Crippen LogP contribution in [-0.4, -0.2) is 30.3 Å². The summed E-state index contributed by atoms with van der Waals surface area (Å²) in [6, 6.07) is 0.362. The SMILES string of the molecule is CNC(Cc1nc(COC)no1)C(C)C. The molecule has 1 aromatic heterocycles. The second-order valence-electron chi connectivity index (χ2n) is 3.88. The molecule has 0 spiro atoms. The van der Waals surface area contributed by atoms with Gasteiger partial charge in [0.05, 0.1) is 0 Å². The molecule has 0 aliphatic carbocycles. The van der Waals surface area contributed by atoms with Gasteiger partial charge in [-0.1, -0.05) is 19.0 Å². The Morgan fingerprint density at radius 2 is 2.20 bits per heavy atom. The van der Waals surface area contributed by atoms with Crippen LogP contribution in [0.25, 0.3) is 0 Å². The average Bonchev–Trinajstić information content (AvgIpc) is 2.62. The van der Waals surface area contributed by atoms with E-state index in [1.54, 1.807) is 7.11 Å². The van der Waals surface area contributed by atoms with Crippen LogP contribution in [0, 0.1) is 5.92 Å². The molecule has 0 bridgehead atoms. The summed E-state index contributed by atoms with van der Waals surface area (Å²) in [6.45, 7) is 4.72.